The Labute approximate surface area is 64.2 Å². The Bertz CT molecular complexity index is 146. The average molecular weight is 161 g/mol. The second kappa shape index (κ2) is 3.54. The van der Waals surface area contributed by atoms with Crippen molar-refractivity contribution in [3.05, 3.63) is 0 Å². The predicted octanol–water partition coefficient (Wildman–Crippen LogP) is -1.21. The number of carbonyl (C=O) groups excluding carboxylic acids is 1. The summed E-state index contributed by atoms with van der Waals surface area (Å²) in [5, 5.41) is 17.4. The third kappa shape index (κ3) is 1.61. The fourth-order valence-electron chi connectivity index (χ4n) is 0.992. The van der Waals surface area contributed by atoms with Gasteiger partial charge in [-0.15, -0.1) is 0 Å². The zero-order chi connectivity index (χ0) is 8.27. The van der Waals surface area contributed by atoms with Gasteiger partial charge in [-0.3, -0.25) is 4.90 Å². The first-order valence-electron chi connectivity index (χ1n) is 3.44. The molecule has 0 atom stereocenters. The summed E-state index contributed by atoms with van der Waals surface area (Å²) in [5.74, 6) is 0. The zero-order valence-corrected chi connectivity index (χ0v) is 6.06. The van der Waals surface area contributed by atoms with E-state index in [2.05, 4.69) is 4.74 Å². The fourth-order valence-corrected chi connectivity index (χ4v) is 0.992. The minimum absolute atomic E-state index is 0.231. The molecule has 0 bridgehead atoms. The maximum atomic E-state index is 10.8. The first kappa shape index (κ1) is 8.29. The van der Waals surface area contributed by atoms with Crippen LogP contribution < -0.4 is 0 Å². The Morgan fingerprint density at radius 3 is 2.55 bits per heavy atom. The van der Waals surface area contributed by atoms with E-state index in [0.717, 1.165) is 0 Å². The molecule has 0 spiro atoms. The Morgan fingerprint density at radius 2 is 2.18 bits per heavy atom. The largest absolute Gasteiger partial charge is 0.448 e. The molecule has 1 fully saturated rings. The van der Waals surface area contributed by atoms with Gasteiger partial charge >= 0.3 is 6.09 Å². The minimum atomic E-state index is -0.509. The summed E-state index contributed by atoms with van der Waals surface area (Å²) >= 11 is 0. The van der Waals surface area contributed by atoms with Crippen LogP contribution in [-0.4, -0.2) is 53.6 Å². The van der Waals surface area contributed by atoms with Crippen LogP contribution in [0.15, 0.2) is 0 Å². The number of ether oxygens (including phenoxy) is 1. The van der Waals surface area contributed by atoms with Gasteiger partial charge in [0.25, 0.3) is 0 Å². The van der Waals surface area contributed by atoms with Crippen molar-refractivity contribution in [2.45, 2.75) is 6.04 Å². The minimum Gasteiger partial charge on any atom is -0.448 e. The van der Waals surface area contributed by atoms with Gasteiger partial charge in [-0.1, -0.05) is 0 Å². The zero-order valence-electron chi connectivity index (χ0n) is 6.06. The second-order valence-corrected chi connectivity index (χ2v) is 2.33. The highest BCUT2D eigenvalue weighted by Crippen LogP contribution is 2.07. The molecular formula is C6H11NO4. The predicted molar refractivity (Wildman–Crippen MR) is 36.0 cm³/mol. The molecule has 64 valence electrons. The van der Waals surface area contributed by atoms with Gasteiger partial charge in [-0.25, -0.2) is 4.79 Å². The van der Waals surface area contributed by atoms with Gasteiger partial charge in [-0.05, 0) is 0 Å². The monoisotopic (exact) mass is 161 g/mol. The number of aliphatic hydroxyl groups is 2. The number of nitrogens with zero attached hydrogens (tertiary/aromatic N) is 1. The molecule has 1 rings (SSSR count). The van der Waals surface area contributed by atoms with Gasteiger partial charge in [0, 0.05) is 0 Å². The van der Waals surface area contributed by atoms with E-state index < -0.39 is 12.1 Å². The summed E-state index contributed by atoms with van der Waals surface area (Å²) in [6, 6.07) is -0.509. The Hall–Kier alpha value is -0.810. The number of aliphatic hydroxyl groups excluding tert-OH is 2. The van der Waals surface area contributed by atoms with E-state index in [1.807, 2.05) is 0 Å². The lowest BCUT2D eigenvalue weighted by Crippen LogP contribution is -2.41. The average Bonchev–Trinajstić information content (AvgIpc) is 2.40. The Kier molecular flexibility index (Phi) is 2.67. The van der Waals surface area contributed by atoms with E-state index in [1.165, 1.54) is 4.90 Å². The van der Waals surface area contributed by atoms with Crippen molar-refractivity contribution in [3.8, 4) is 0 Å². The Morgan fingerprint density at radius 1 is 1.55 bits per heavy atom. The van der Waals surface area contributed by atoms with Crippen LogP contribution in [0.25, 0.3) is 0 Å². The van der Waals surface area contributed by atoms with E-state index in [4.69, 9.17) is 10.2 Å². The molecule has 0 aromatic heterocycles. The number of hydrogen-bond donors (Lipinski definition) is 2. The molecule has 11 heavy (non-hydrogen) atoms. The van der Waals surface area contributed by atoms with Gasteiger partial charge in [0.2, 0.25) is 0 Å². The molecular weight excluding hydrogens is 150 g/mol. The van der Waals surface area contributed by atoms with E-state index in [1.54, 1.807) is 0 Å². The third-order valence-corrected chi connectivity index (χ3v) is 1.65. The van der Waals surface area contributed by atoms with Gasteiger partial charge in [-0.2, -0.15) is 0 Å². The fraction of sp³-hybridized carbons (Fsp3) is 0.833. The SMILES string of the molecule is O=C1OCCN1C(CO)CO. The smallest absolute Gasteiger partial charge is 0.410 e. The van der Waals surface area contributed by atoms with E-state index in [-0.39, 0.29) is 13.2 Å². The maximum absolute atomic E-state index is 10.8. The number of rotatable bonds is 3. The highest BCUT2D eigenvalue weighted by Gasteiger charge is 2.28. The topological polar surface area (TPSA) is 70.0 Å². The van der Waals surface area contributed by atoms with E-state index in [9.17, 15) is 4.79 Å². The summed E-state index contributed by atoms with van der Waals surface area (Å²) in [7, 11) is 0. The van der Waals surface area contributed by atoms with Gasteiger partial charge < -0.3 is 14.9 Å². The first-order valence-corrected chi connectivity index (χ1v) is 3.44. The number of cyclic esters (lactones) is 1. The molecule has 0 aromatic carbocycles. The van der Waals surface area contributed by atoms with Gasteiger partial charge in [0.05, 0.1) is 25.8 Å². The van der Waals surface area contributed by atoms with Crippen molar-refractivity contribution < 1.29 is 19.7 Å². The molecule has 1 aliphatic heterocycles. The van der Waals surface area contributed by atoms with Crippen molar-refractivity contribution in [1.82, 2.24) is 4.90 Å². The second-order valence-electron chi connectivity index (χ2n) is 2.33. The van der Waals surface area contributed by atoms with Crippen molar-refractivity contribution >= 4 is 6.09 Å². The summed E-state index contributed by atoms with van der Waals surface area (Å²) in [6.45, 7) is 0.331. The van der Waals surface area contributed by atoms with E-state index in [0.29, 0.717) is 13.2 Å². The molecule has 0 radical (unpaired) electrons. The standard InChI is InChI=1S/C6H11NO4/c8-3-5(4-9)7-1-2-11-6(7)10/h5,8-9H,1-4H2. The summed E-state index contributed by atoms with van der Waals surface area (Å²) in [6.07, 6.45) is -0.460. The van der Waals surface area contributed by atoms with Crippen LogP contribution in [0, 0.1) is 0 Å². The van der Waals surface area contributed by atoms with Crippen molar-refractivity contribution in [2.75, 3.05) is 26.4 Å². The lowest BCUT2D eigenvalue weighted by molar-refractivity contribution is 0.0926. The quantitative estimate of drug-likeness (QED) is 0.545. The molecule has 1 aliphatic rings. The third-order valence-electron chi connectivity index (χ3n) is 1.65. The molecule has 5 heteroatoms. The van der Waals surface area contributed by atoms with Crippen LogP contribution in [0.1, 0.15) is 0 Å². The van der Waals surface area contributed by atoms with Crippen LogP contribution in [-0.2, 0) is 4.74 Å². The number of amides is 1. The first-order chi connectivity index (χ1) is 5.29. The lowest BCUT2D eigenvalue weighted by Gasteiger charge is -2.20. The van der Waals surface area contributed by atoms with Crippen LogP contribution in [0.3, 0.4) is 0 Å². The molecule has 0 unspecified atom stereocenters. The van der Waals surface area contributed by atoms with Crippen LogP contribution in [0.5, 0.6) is 0 Å². The van der Waals surface area contributed by atoms with E-state index >= 15 is 0 Å². The molecule has 1 heterocycles. The van der Waals surface area contributed by atoms with Gasteiger partial charge in [0.15, 0.2) is 0 Å². The summed E-state index contributed by atoms with van der Waals surface area (Å²) < 4.78 is 4.61. The molecule has 0 aliphatic carbocycles. The van der Waals surface area contributed by atoms with Crippen LogP contribution in [0.2, 0.25) is 0 Å². The highest BCUT2D eigenvalue weighted by atomic mass is 16.6. The highest BCUT2D eigenvalue weighted by molar-refractivity contribution is 5.69. The van der Waals surface area contributed by atoms with Crippen molar-refractivity contribution in [2.24, 2.45) is 0 Å². The summed E-state index contributed by atoms with van der Waals surface area (Å²) in [5.41, 5.74) is 0. The molecule has 5 nitrogen and oxygen atoms in total. The van der Waals surface area contributed by atoms with Crippen molar-refractivity contribution in [3.63, 3.8) is 0 Å². The normalized spacial score (nSPS) is 17.7. The molecule has 2 N–H and O–H groups in total. The lowest BCUT2D eigenvalue weighted by atomic mass is 10.3. The molecule has 1 saturated heterocycles. The summed E-state index contributed by atoms with van der Waals surface area (Å²) in [4.78, 5) is 12.1. The van der Waals surface area contributed by atoms with Crippen LogP contribution >= 0.6 is 0 Å². The maximum Gasteiger partial charge on any atom is 0.410 e. The van der Waals surface area contributed by atoms with Gasteiger partial charge in [0.1, 0.15) is 6.61 Å². The molecule has 1 amide bonds. The number of carbonyl (C=O) groups is 1. The van der Waals surface area contributed by atoms with Crippen LogP contribution in [0.4, 0.5) is 4.79 Å². The Balaban J connectivity index is 2.49. The number of hydrogen-bond acceptors (Lipinski definition) is 4. The molecule has 0 aromatic rings. The molecule has 0 saturated carbocycles. The van der Waals surface area contributed by atoms with Crippen molar-refractivity contribution in [1.29, 1.82) is 0 Å².